The lowest BCUT2D eigenvalue weighted by Crippen LogP contribution is -2.65. The molecule has 1 aliphatic carbocycles. The topological polar surface area (TPSA) is 74.8 Å². The van der Waals surface area contributed by atoms with Crippen molar-refractivity contribution in [2.24, 2.45) is 0 Å². The summed E-state index contributed by atoms with van der Waals surface area (Å²) in [5.74, 6) is -1.75. The van der Waals surface area contributed by atoms with E-state index in [0.29, 0.717) is 18.4 Å². The molecule has 0 aromatic carbocycles. The van der Waals surface area contributed by atoms with Gasteiger partial charge < -0.3 is 0 Å². The van der Waals surface area contributed by atoms with Crippen molar-refractivity contribution in [3.8, 4) is 0 Å². The van der Waals surface area contributed by atoms with Gasteiger partial charge in [-0.3, -0.25) is 29.0 Å². The number of imide groups is 2. The third-order valence-electron chi connectivity index (χ3n) is 4.40. The van der Waals surface area contributed by atoms with Crippen molar-refractivity contribution in [2.75, 3.05) is 0 Å². The van der Waals surface area contributed by atoms with Crippen molar-refractivity contribution in [3.63, 3.8) is 0 Å². The van der Waals surface area contributed by atoms with Gasteiger partial charge in [0.1, 0.15) is 5.66 Å². The van der Waals surface area contributed by atoms with E-state index in [1.54, 1.807) is 6.92 Å². The molecule has 0 spiro atoms. The highest BCUT2D eigenvalue weighted by Gasteiger charge is 2.54. The molecule has 2 heterocycles. The average molecular weight is 288 g/mol. The molecule has 0 aromatic heterocycles. The molecule has 0 aromatic rings. The molecule has 4 amide bonds. The van der Waals surface area contributed by atoms with Crippen LogP contribution in [0.5, 0.6) is 0 Å². The summed E-state index contributed by atoms with van der Waals surface area (Å²) in [7, 11) is 0. The largest absolute Gasteiger partial charge is 0.269 e. The molecule has 0 bridgehead atoms. The van der Waals surface area contributed by atoms with Gasteiger partial charge in [-0.1, -0.05) is 6.42 Å². The quantitative estimate of drug-likeness (QED) is 0.707. The minimum Gasteiger partial charge on any atom is -0.269 e. The zero-order chi connectivity index (χ0) is 15.2. The molecule has 2 aliphatic heterocycles. The smallest absolute Gasteiger partial charge is 0.258 e. The van der Waals surface area contributed by atoms with E-state index in [1.165, 1.54) is 18.2 Å². The highest BCUT2D eigenvalue weighted by atomic mass is 16.2. The Morgan fingerprint density at radius 3 is 1.90 bits per heavy atom. The molecular formula is C15H16N2O4. The van der Waals surface area contributed by atoms with Gasteiger partial charge in [-0.05, 0) is 32.6 Å². The van der Waals surface area contributed by atoms with E-state index in [9.17, 15) is 19.2 Å². The molecule has 1 fully saturated rings. The molecule has 0 saturated heterocycles. The fraction of sp³-hybridized carbons (Fsp3) is 0.467. The fourth-order valence-corrected chi connectivity index (χ4v) is 3.46. The molecule has 0 N–H and O–H groups in total. The standard InChI is InChI=1S/C15H16N2O4/c1-10-9-13(20)17(14(10)21)15(7-3-2-4-8-15)16-11(18)5-6-12(16)19/h5-6,9H,2-4,7-8H2,1H3. The van der Waals surface area contributed by atoms with Crippen LogP contribution in [0.2, 0.25) is 0 Å². The maximum atomic E-state index is 12.4. The van der Waals surface area contributed by atoms with E-state index >= 15 is 0 Å². The molecule has 21 heavy (non-hydrogen) atoms. The first-order valence-electron chi connectivity index (χ1n) is 7.10. The Morgan fingerprint density at radius 1 is 0.857 bits per heavy atom. The molecule has 3 rings (SSSR count). The van der Waals surface area contributed by atoms with Crippen molar-refractivity contribution in [1.29, 1.82) is 0 Å². The number of rotatable bonds is 2. The van der Waals surface area contributed by atoms with Crippen molar-refractivity contribution < 1.29 is 19.2 Å². The van der Waals surface area contributed by atoms with Gasteiger partial charge >= 0.3 is 0 Å². The predicted molar refractivity (Wildman–Crippen MR) is 72.4 cm³/mol. The van der Waals surface area contributed by atoms with E-state index < -0.39 is 29.3 Å². The van der Waals surface area contributed by atoms with Crippen LogP contribution in [-0.2, 0) is 19.2 Å². The van der Waals surface area contributed by atoms with Crippen molar-refractivity contribution >= 4 is 23.6 Å². The van der Waals surface area contributed by atoms with Crippen LogP contribution in [0.4, 0.5) is 0 Å². The Morgan fingerprint density at radius 2 is 1.43 bits per heavy atom. The second-order valence-corrected chi connectivity index (χ2v) is 5.69. The minimum absolute atomic E-state index is 0.344. The average Bonchev–Trinajstić information content (AvgIpc) is 2.91. The molecule has 3 aliphatic rings. The highest BCUT2D eigenvalue weighted by Crippen LogP contribution is 2.40. The molecular weight excluding hydrogens is 272 g/mol. The van der Waals surface area contributed by atoms with Crippen LogP contribution in [0.15, 0.2) is 23.8 Å². The lowest BCUT2D eigenvalue weighted by atomic mass is 9.85. The lowest BCUT2D eigenvalue weighted by molar-refractivity contribution is -0.167. The van der Waals surface area contributed by atoms with E-state index in [2.05, 4.69) is 0 Å². The zero-order valence-electron chi connectivity index (χ0n) is 11.8. The number of carbonyl (C=O) groups excluding carboxylic acids is 4. The summed E-state index contributed by atoms with van der Waals surface area (Å²) >= 11 is 0. The Labute approximate surface area is 122 Å². The first kappa shape index (κ1) is 13.7. The lowest BCUT2D eigenvalue weighted by Gasteiger charge is -2.48. The van der Waals surface area contributed by atoms with Gasteiger partial charge in [-0.15, -0.1) is 0 Å². The van der Waals surface area contributed by atoms with Gasteiger partial charge in [0, 0.05) is 23.8 Å². The predicted octanol–water partition coefficient (Wildman–Crippen LogP) is 0.887. The monoisotopic (exact) mass is 288 g/mol. The van der Waals surface area contributed by atoms with E-state index in [-0.39, 0.29) is 0 Å². The maximum absolute atomic E-state index is 12.4. The van der Waals surface area contributed by atoms with Gasteiger partial charge in [0.05, 0.1) is 0 Å². The molecule has 1 saturated carbocycles. The Hall–Kier alpha value is -2.24. The fourth-order valence-electron chi connectivity index (χ4n) is 3.46. The summed E-state index contributed by atoms with van der Waals surface area (Å²) in [5.41, 5.74) is -0.796. The second kappa shape index (κ2) is 4.65. The zero-order valence-corrected chi connectivity index (χ0v) is 11.8. The Kier molecular flexibility index (Phi) is 3.04. The number of carbonyl (C=O) groups is 4. The summed E-state index contributed by atoms with van der Waals surface area (Å²) < 4.78 is 0. The SMILES string of the molecule is CC1=CC(=O)N(C2(N3C(=O)C=CC3=O)CCCCC2)C1=O. The van der Waals surface area contributed by atoms with Crippen LogP contribution in [-0.4, -0.2) is 39.1 Å². The van der Waals surface area contributed by atoms with Gasteiger partial charge in [-0.2, -0.15) is 0 Å². The van der Waals surface area contributed by atoms with Gasteiger partial charge in [0.2, 0.25) is 0 Å². The summed E-state index contributed by atoms with van der Waals surface area (Å²) in [6, 6.07) is 0. The first-order valence-corrected chi connectivity index (χ1v) is 7.10. The summed E-state index contributed by atoms with van der Waals surface area (Å²) in [6.07, 6.45) is 7.08. The number of hydrogen-bond donors (Lipinski definition) is 0. The third kappa shape index (κ3) is 1.86. The van der Waals surface area contributed by atoms with Crippen LogP contribution >= 0.6 is 0 Å². The number of hydrogen-bond acceptors (Lipinski definition) is 4. The maximum Gasteiger partial charge on any atom is 0.258 e. The van der Waals surface area contributed by atoms with Crippen molar-refractivity contribution in [1.82, 2.24) is 9.80 Å². The third-order valence-corrected chi connectivity index (χ3v) is 4.40. The van der Waals surface area contributed by atoms with Crippen molar-refractivity contribution in [3.05, 3.63) is 23.8 Å². The van der Waals surface area contributed by atoms with Crippen molar-refractivity contribution in [2.45, 2.75) is 44.7 Å². The van der Waals surface area contributed by atoms with E-state index in [1.807, 2.05) is 0 Å². The molecule has 0 radical (unpaired) electrons. The summed E-state index contributed by atoms with van der Waals surface area (Å²) in [4.78, 5) is 51.0. The van der Waals surface area contributed by atoms with Crippen LogP contribution in [0.1, 0.15) is 39.0 Å². The molecule has 0 unspecified atom stereocenters. The normalized spacial score (nSPS) is 25.1. The first-order chi connectivity index (χ1) is 9.97. The number of nitrogens with zero attached hydrogens (tertiary/aromatic N) is 2. The van der Waals surface area contributed by atoms with Crippen LogP contribution in [0, 0.1) is 0 Å². The minimum atomic E-state index is -1.14. The Bertz CT molecular complexity index is 593. The highest BCUT2D eigenvalue weighted by molar-refractivity contribution is 6.18. The molecule has 6 heteroatoms. The second-order valence-electron chi connectivity index (χ2n) is 5.69. The summed E-state index contributed by atoms with van der Waals surface area (Å²) in [5, 5.41) is 0. The van der Waals surface area contributed by atoms with Gasteiger partial charge in [0.15, 0.2) is 0 Å². The molecule has 110 valence electrons. The van der Waals surface area contributed by atoms with Gasteiger partial charge in [-0.25, -0.2) is 0 Å². The molecule has 6 nitrogen and oxygen atoms in total. The Balaban J connectivity index is 2.06. The van der Waals surface area contributed by atoms with Crippen LogP contribution in [0.3, 0.4) is 0 Å². The van der Waals surface area contributed by atoms with E-state index in [0.717, 1.165) is 29.1 Å². The summed E-state index contributed by atoms with van der Waals surface area (Å²) in [6.45, 7) is 1.57. The van der Waals surface area contributed by atoms with Crippen LogP contribution < -0.4 is 0 Å². The van der Waals surface area contributed by atoms with Crippen LogP contribution in [0.25, 0.3) is 0 Å². The number of amides is 4. The molecule has 0 atom stereocenters. The van der Waals surface area contributed by atoms with Gasteiger partial charge in [0.25, 0.3) is 23.6 Å². The van der Waals surface area contributed by atoms with E-state index in [4.69, 9.17) is 0 Å².